The second kappa shape index (κ2) is 8.60. The van der Waals surface area contributed by atoms with Gasteiger partial charge in [-0.2, -0.15) is 4.31 Å². The van der Waals surface area contributed by atoms with E-state index in [4.69, 9.17) is 0 Å². The number of carbonyl (C=O) groups excluding carboxylic acids is 1. The molecule has 0 aromatic heterocycles. The van der Waals surface area contributed by atoms with Gasteiger partial charge in [-0.1, -0.05) is 44.2 Å². The minimum absolute atomic E-state index is 0.217. The van der Waals surface area contributed by atoms with Gasteiger partial charge in [0, 0.05) is 24.9 Å². The zero-order chi connectivity index (χ0) is 18.3. The van der Waals surface area contributed by atoms with Crippen molar-refractivity contribution in [3.63, 3.8) is 0 Å². The number of amides is 1. The quantitative estimate of drug-likeness (QED) is 0.772. The van der Waals surface area contributed by atoms with Crippen LogP contribution in [0, 0.1) is 0 Å². The van der Waals surface area contributed by atoms with Crippen molar-refractivity contribution in [2.24, 2.45) is 0 Å². The van der Waals surface area contributed by atoms with Crippen molar-refractivity contribution in [1.82, 2.24) is 4.31 Å². The molecule has 0 aliphatic carbocycles. The lowest BCUT2D eigenvalue weighted by Gasteiger charge is -2.18. The van der Waals surface area contributed by atoms with Crippen molar-refractivity contribution in [1.29, 1.82) is 0 Å². The van der Waals surface area contributed by atoms with Gasteiger partial charge >= 0.3 is 0 Å². The topological polar surface area (TPSA) is 66.5 Å². The summed E-state index contributed by atoms with van der Waals surface area (Å²) in [7, 11) is -3.49. The Labute approximate surface area is 149 Å². The summed E-state index contributed by atoms with van der Waals surface area (Å²) in [6.45, 7) is 4.44. The largest absolute Gasteiger partial charge is 0.323 e. The van der Waals surface area contributed by atoms with Gasteiger partial charge in [-0.25, -0.2) is 8.42 Å². The fourth-order valence-corrected chi connectivity index (χ4v) is 3.80. The Hall–Kier alpha value is -2.44. The van der Waals surface area contributed by atoms with Gasteiger partial charge in [0.25, 0.3) is 0 Å². The Bertz CT molecular complexity index is 825. The molecule has 2 rings (SSSR count). The highest BCUT2D eigenvalue weighted by molar-refractivity contribution is 7.89. The molecule has 0 heterocycles. The average molecular weight is 358 g/mol. The lowest BCUT2D eigenvalue weighted by Crippen LogP contribution is -2.30. The highest BCUT2D eigenvalue weighted by Crippen LogP contribution is 2.18. The lowest BCUT2D eigenvalue weighted by atomic mass is 10.2. The smallest absolute Gasteiger partial charge is 0.248 e. The van der Waals surface area contributed by atoms with E-state index in [2.05, 4.69) is 5.32 Å². The molecule has 0 atom stereocenters. The van der Waals surface area contributed by atoms with Crippen molar-refractivity contribution in [2.45, 2.75) is 18.7 Å². The average Bonchev–Trinajstić information content (AvgIpc) is 2.62. The molecule has 1 amide bonds. The first-order chi connectivity index (χ1) is 12.0. The molecule has 0 radical (unpaired) electrons. The molecular weight excluding hydrogens is 336 g/mol. The van der Waals surface area contributed by atoms with Crippen LogP contribution in [0.3, 0.4) is 0 Å². The molecule has 0 unspecified atom stereocenters. The first-order valence-electron chi connectivity index (χ1n) is 8.11. The number of sulfonamides is 1. The minimum Gasteiger partial charge on any atom is -0.323 e. The van der Waals surface area contributed by atoms with Gasteiger partial charge in [0.15, 0.2) is 0 Å². The van der Waals surface area contributed by atoms with Crippen molar-refractivity contribution in [2.75, 3.05) is 18.4 Å². The van der Waals surface area contributed by atoms with E-state index < -0.39 is 10.0 Å². The second-order valence-corrected chi connectivity index (χ2v) is 7.28. The highest BCUT2D eigenvalue weighted by atomic mass is 32.2. The summed E-state index contributed by atoms with van der Waals surface area (Å²) in [5.74, 6) is -0.275. The molecule has 5 nitrogen and oxygen atoms in total. The molecule has 132 valence electrons. The summed E-state index contributed by atoms with van der Waals surface area (Å²) < 4.78 is 26.2. The van der Waals surface area contributed by atoms with Crippen molar-refractivity contribution in [3.05, 3.63) is 66.2 Å². The van der Waals surface area contributed by atoms with E-state index in [1.54, 1.807) is 32.1 Å². The van der Waals surface area contributed by atoms with Gasteiger partial charge < -0.3 is 5.32 Å². The first-order valence-corrected chi connectivity index (χ1v) is 9.55. The minimum atomic E-state index is -3.49. The fraction of sp³-hybridized carbons (Fsp3) is 0.211. The zero-order valence-corrected chi connectivity index (χ0v) is 15.2. The summed E-state index contributed by atoms with van der Waals surface area (Å²) in [6, 6.07) is 15.7. The van der Waals surface area contributed by atoms with Gasteiger partial charge in [-0.05, 0) is 35.9 Å². The van der Waals surface area contributed by atoms with Crippen LogP contribution < -0.4 is 5.32 Å². The van der Waals surface area contributed by atoms with Crippen molar-refractivity contribution < 1.29 is 13.2 Å². The van der Waals surface area contributed by atoms with Crippen LogP contribution in [0.1, 0.15) is 19.4 Å². The molecule has 0 saturated heterocycles. The van der Waals surface area contributed by atoms with Crippen LogP contribution in [0.4, 0.5) is 5.69 Å². The predicted octanol–water partition coefficient (Wildman–Crippen LogP) is 3.37. The van der Waals surface area contributed by atoms with Gasteiger partial charge in [0.2, 0.25) is 15.9 Å². The Morgan fingerprint density at radius 2 is 1.60 bits per heavy atom. The number of hydrogen-bond donors (Lipinski definition) is 1. The maximum absolute atomic E-state index is 12.4. The Morgan fingerprint density at radius 3 is 2.16 bits per heavy atom. The molecule has 6 heteroatoms. The van der Waals surface area contributed by atoms with E-state index in [1.165, 1.54) is 22.5 Å². The standard InChI is InChI=1S/C19H22N2O3S/c1-3-21(4-2)25(23,24)18-13-11-17(12-14-18)20-19(22)15-10-16-8-6-5-7-9-16/h5-15H,3-4H2,1-2H3,(H,20,22)/b15-10+. The van der Waals surface area contributed by atoms with Crippen LogP contribution >= 0.6 is 0 Å². The molecule has 1 N–H and O–H groups in total. The number of rotatable bonds is 7. The number of anilines is 1. The summed E-state index contributed by atoms with van der Waals surface area (Å²) in [5, 5.41) is 2.71. The molecule has 0 saturated carbocycles. The van der Waals surface area contributed by atoms with Crippen LogP contribution in [-0.2, 0) is 14.8 Å². The van der Waals surface area contributed by atoms with E-state index in [1.807, 2.05) is 30.3 Å². The predicted molar refractivity (Wildman–Crippen MR) is 101 cm³/mol. The molecule has 2 aromatic carbocycles. The second-order valence-electron chi connectivity index (χ2n) is 5.35. The SMILES string of the molecule is CCN(CC)S(=O)(=O)c1ccc(NC(=O)/C=C/c2ccccc2)cc1. The third kappa shape index (κ3) is 5.01. The van der Waals surface area contributed by atoms with Crippen LogP contribution in [0.2, 0.25) is 0 Å². The first kappa shape index (κ1) is 18.9. The zero-order valence-electron chi connectivity index (χ0n) is 14.3. The molecule has 0 aliphatic heterocycles. The maximum atomic E-state index is 12.4. The molecule has 2 aromatic rings. The van der Waals surface area contributed by atoms with Crippen molar-refractivity contribution in [3.8, 4) is 0 Å². The normalized spacial score (nSPS) is 11.8. The monoisotopic (exact) mass is 358 g/mol. The number of hydrogen-bond acceptors (Lipinski definition) is 3. The van der Waals surface area contributed by atoms with Crippen LogP contribution in [0.5, 0.6) is 0 Å². The molecule has 0 aliphatic rings. The molecule has 0 bridgehead atoms. The van der Waals surface area contributed by atoms with E-state index in [0.717, 1.165) is 5.56 Å². The van der Waals surface area contributed by atoms with Crippen LogP contribution in [-0.4, -0.2) is 31.7 Å². The highest BCUT2D eigenvalue weighted by Gasteiger charge is 2.21. The number of benzene rings is 2. The van der Waals surface area contributed by atoms with Gasteiger partial charge in [-0.15, -0.1) is 0 Å². The maximum Gasteiger partial charge on any atom is 0.248 e. The summed E-state index contributed by atoms with van der Waals surface area (Å²) in [6.07, 6.45) is 3.16. The summed E-state index contributed by atoms with van der Waals surface area (Å²) in [5.41, 5.74) is 1.47. The van der Waals surface area contributed by atoms with Crippen LogP contribution in [0.15, 0.2) is 65.6 Å². The lowest BCUT2D eigenvalue weighted by molar-refractivity contribution is -0.111. The Morgan fingerprint density at radius 1 is 1.00 bits per heavy atom. The van der Waals surface area contributed by atoms with E-state index in [9.17, 15) is 13.2 Å². The van der Waals surface area contributed by atoms with Crippen LogP contribution in [0.25, 0.3) is 6.08 Å². The molecule has 0 fully saturated rings. The van der Waals surface area contributed by atoms with Gasteiger partial charge in [-0.3, -0.25) is 4.79 Å². The van der Waals surface area contributed by atoms with Crippen molar-refractivity contribution >= 4 is 27.7 Å². The third-order valence-corrected chi connectivity index (χ3v) is 5.76. The van der Waals surface area contributed by atoms with E-state index in [0.29, 0.717) is 18.8 Å². The van der Waals surface area contributed by atoms with Gasteiger partial charge in [0.1, 0.15) is 0 Å². The van der Waals surface area contributed by atoms with E-state index in [-0.39, 0.29) is 10.8 Å². The summed E-state index contributed by atoms with van der Waals surface area (Å²) >= 11 is 0. The third-order valence-electron chi connectivity index (χ3n) is 3.69. The molecular formula is C19H22N2O3S. The Balaban J connectivity index is 2.05. The van der Waals surface area contributed by atoms with E-state index >= 15 is 0 Å². The number of nitrogens with one attached hydrogen (secondary N) is 1. The molecule has 0 spiro atoms. The Kier molecular flexibility index (Phi) is 6.50. The number of carbonyl (C=O) groups is 1. The fourth-order valence-electron chi connectivity index (χ4n) is 2.34. The molecule has 25 heavy (non-hydrogen) atoms. The summed E-state index contributed by atoms with van der Waals surface area (Å²) in [4.78, 5) is 12.2. The van der Waals surface area contributed by atoms with Gasteiger partial charge in [0.05, 0.1) is 4.90 Å². The number of nitrogens with zero attached hydrogens (tertiary/aromatic N) is 1.